The van der Waals surface area contributed by atoms with Gasteiger partial charge in [-0.1, -0.05) is 12.1 Å². The summed E-state index contributed by atoms with van der Waals surface area (Å²) in [4.78, 5) is 2.22. The molecule has 0 radical (unpaired) electrons. The first-order valence-corrected chi connectivity index (χ1v) is 9.33. The Morgan fingerprint density at radius 2 is 2.18 bits per heavy atom. The smallest absolute Gasteiger partial charge is 0.208 e. The number of nitrogens with zero attached hydrogens (tertiary/aromatic N) is 1. The zero-order chi connectivity index (χ0) is 16.2. The fraction of sp³-hybridized carbons (Fsp3) is 0.600. The van der Waals surface area contributed by atoms with E-state index in [9.17, 15) is 8.42 Å². The maximum Gasteiger partial charge on any atom is 0.208 e. The summed E-state index contributed by atoms with van der Waals surface area (Å²) >= 11 is 0. The molecule has 1 fully saturated rings. The second-order valence-corrected chi connectivity index (χ2v) is 7.72. The quantitative estimate of drug-likeness (QED) is 0.779. The minimum absolute atomic E-state index is 0.00157. The van der Waals surface area contributed by atoms with Gasteiger partial charge in [0.15, 0.2) is 0 Å². The second-order valence-electron chi connectivity index (χ2n) is 5.94. The lowest BCUT2D eigenvalue weighted by Gasteiger charge is -2.36. The summed E-state index contributed by atoms with van der Waals surface area (Å²) in [7, 11) is -1.54. The Labute approximate surface area is 132 Å². The van der Waals surface area contributed by atoms with Crippen molar-refractivity contribution < 1.29 is 13.2 Å². The van der Waals surface area contributed by atoms with E-state index in [0.717, 1.165) is 25.3 Å². The number of hydrogen-bond acceptors (Lipinski definition) is 5. The van der Waals surface area contributed by atoms with Crippen molar-refractivity contribution in [1.29, 1.82) is 0 Å². The number of sulfonamides is 1. The van der Waals surface area contributed by atoms with Crippen molar-refractivity contribution >= 4 is 10.0 Å². The molecule has 1 aliphatic heterocycles. The fourth-order valence-corrected chi connectivity index (χ4v) is 3.69. The molecule has 1 saturated heterocycles. The molecule has 1 aromatic rings. The van der Waals surface area contributed by atoms with Crippen LogP contribution in [-0.2, 0) is 16.4 Å². The van der Waals surface area contributed by atoms with Gasteiger partial charge in [-0.3, -0.25) is 4.90 Å². The number of nitrogens with two attached hydrogens (primary N) is 1. The molecule has 1 heterocycles. The largest absolute Gasteiger partial charge is 0.497 e. The molecule has 3 N–H and O–H groups in total. The van der Waals surface area contributed by atoms with E-state index in [0.29, 0.717) is 13.0 Å². The lowest BCUT2D eigenvalue weighted by atomic mass is 10.0. The minimum Gasteiger partial charge on any atom is -0.497 e. The summed E-state index contributed by atoms with van der Waals surface area (Å²) in [6.07, 6.45) is 2.76. The fourth-order valence-electron chi connectivity index (χ4n) is 2.92. The van der Waals surface area contributed by atoms with E-state index in [2.05, 4.69) is 15.7 Å². The number of ether oxygens (including phenoxy) is 1. The van der Waals surface area contributed by atoms with E-state index >= 15 is 0 Å². The van der Waals surface area contributed by atoms with Gasteiger partial charge < -0.3 is 10.5 Å². The van der Waals surface area contributed by atoms with Gasteiger partial charge in [-0.15, -0.1) is 0 Å². The van der Waals surface area contributed by atoms with Crippen LogP contribution in [0.3, 0.4) is 0 Å². The van der Waals surface area contributed by atoms with Gasteiger partial charge in [-0.2, -0.15) is 0 Å². The van der Waals surface area contributed by atoms with E-state index in [1.165, 1.54) is 11.8 Å². The third-order valence-electron chi connectivity index (χ3n) is 3.79. The zero-order valence-corrected chi connectivity index (χ0v) is 14.0. The van der Waals surface area contributed by atoms with Crippen molar-refractivity contribution in [2.24, 2.45) is 5.73 Å². The summed E-state index contributed by atoms with van der Waals surface area (Å²) in [5, 5.41) is 0. The lowest BCUT2D eigenvalue weighted by molar-refractivity contribution is 0.185. The molecule has 0 amide bonds. The summed E-state index contributed by atoms with van der Waals surface area (Å²) in [5.74, 6) is 0.851. The molecule has 0 aromatic heterocycles. The first-order chi connectivity index (χ1) is 10.4. The molecule has 0 saturated carbocycles. The predicted molar refractivity (Wildman–Crippen MR) is 87.5 cm³/mol. The van der Waals surface area contributed by atoms with E-state index in [4.69, 9.17) is 10.5 Å². The average Bonchev–Trinajstić information content (AvgIpc) is 2.43. The normalized spacial score (nSPS) is 23.4. The van der Waals surface area contributed by atoms with Crippen LogP contribution in [0.1, 0.15) is 12.0 Å². The number of hydrogen-bond donors (Lipinski definition) is 2. The highest BCUT2D eigenvalue weighted by Gasteiger charge is 2.26. The maximum absolute atomic E-state index is 11.4. The van der Waals surface area contributed by atoms with Crippen LogP contribution in [0.5, 0.6) is 5.75 Å². The van der Waals surface area contributed by atoms with E-state index in [1.807, 2.05) is 18.2 Å². The Bertz CT molecular complexity index is 591. The van der Waals surface area contributed by atoms with Gasteiger partial charge in [0, 0.05) is 31.7 Å². The number of piperidine rings is 1. The van der Waals surface area contributed by atoms with Crippen molar-refractivity contribution in [2.45, 2.75) is 24.9 Å². The molecule has 0 unspecified atom stereocenters. The molecule has 1 aromatic carbocycles. The lowest BCUT2D eigenvalue weighted by Crippen LogP contribution is -2.55. The van der Waals surface area contributed by atoms with Gasteiger partial charge >= 0.3 is 0 Å². The molecule has 1 aliphatic rings. The van der Waals surface area contributed by atoms with Gasteiger partial charge in [0.2, 0.25) is 10.0 Å². The Kier molecular flexibility index (Phi) is 5.80. The van der Waals surface area contributed by atoms with Gasteiger partial charge in [-0.25, -0.2) is 13.1 Å². The van der Waals surface area contributed by atoms with Crippen LogP contribution in [0, 0.1) is 0 Å². The van der Waals surface area contributed by atoms with Crippen LogP contribution in [0.2, 0.25) is 0 Å². The average molecular weight is 327 g/mol. The van der Waals surface area contributed by atoms with Crippen molar-refractivity contribution in [1.82, 2.24) is 9.62 Å². The van der Waals surface area contributed by atoms with Crippen LogP contribution in [-0.4, -0.2) is 58.4 Å². The monoisotopic (exact) mass is 327 g/mol. The highest BCUT2D eigenvalue weighted by molar-refractivity contribution is 7.88. The number of benzene rings is 1. The van der Waals surface area contributed by atoms with Crippen molar-refractivity contribution in [3.63, 3.8) is 0 Å². The molecule has 6 nitrogen and oxygen atoms in total. The highest BCUT2D eigenvalue weighted by atomic mass is 32.2. The molecular weight excluding hydrogens is 302 g/mol. The number of methoxy groups -OCH3 is 1. The van der Waals surface area contributed by atoms with E-state index in [1.54, 1.807) is 7.11 Å². The van der Waals surface area contributed by atoms with Crippen LogP contribution >= 0.6 is 0 Å². The summed E-state index contributed by atoms with van der Waals surface area (Å²) in [6.45, 7) is 2.35. The molecule has 124 valence electrons. The Hall–Kier alpha value is -1.15. The molecule has 0 bridgehead atoms. The first-order valence-electron chi connectivity index (χ1n) is 7.44. The minimum atomic E-state index is -3.20. The molecule has 2 atom stereocenters. The summed E-state index contributed by atoms with van der Waals surface area (Å²) in [6, 6.07) is 7.88. The first kappa shape index (κ1) is 17.2. The standard InChI is InChI=1S/C15H25N3O3S/c1-21-15-5-3-4-12(8-15)6-7-18-10-13(16)9-14(11-18)17-22(2,19)20/h3-5,8,13-14,17H,6-7,9-11,16H2,1-2H3/t13-,14+/m1/s1. The van der Waals surface area contributed by atoms with E-state index in [-0.39, 0.29) is 12.1 Å². The molecular formula is C15H25N3O3S. The number of rotatable bonds is 6. The Morgan fingerprint density at radius 3 is 2.86 bits per heavy atom. The van der Waals surface area contributed by atoms with Crippen LogP contribution in [0.4, 0.5) is 0 Å². The molecule has 2 rings (SSSR count). The molecule has 22 heavy (non-hydrogen) atoms. The zero-order valence-electron chi connectivity index (χ0n) is 13.2. The predicted octanol–water partition coefficient (Wildman–Crippen LogP) is 0.189. The van der Waals surface area contributed by atoms with Gasteiger partial charge in [0.05, 0.1) is 13.4 Å². The summed E-state index contributed by atoms with van der Waals surface area (Å²) < 4.78 is 30.6. The Morgan fingerprint density at radius 1 is 1.41 bits per heavy atom. The van der Waals surface area contributed by atoms with E-state index < -0.39 is 10.0 Å². The highest BCUT2D eigenvalue weighted by Crippen LogP contribution is 2.15. The number of nitrogens with one attached hydrogen (secondary N) is 1. The van der Waals surface area contributed by atoms with Gasteiger partial charge in [0.1, 0.15) is 5.75 Å². The maximum atomic E-state index is 11.4. The van der Waals surface area contributed by atoms with Crippen molar-refractivity contribution in [3.8, 4) is 5.75 Å². The molecule has 7 heteroatoms. The number of likely N-dealkylation sites (tertiary alicyclic amines) is 1. The van der Waals surface area contributed by atoms with Crippen molar-refractivity contribution in [2.75, 3.05) is 33.0 Å². The van der Waals surface area contributed by atoms with Crippen LogP contribution in [0.15, 0.2) is 24.3 Å². The topological polar surface area (TPSA) is 84.7 Å². The SMILES string of the molecule is COc1cccc(CCN2C[C@H](N)C[C@H](NS(C)(=O)=O)C2)c1. The molecule has 0 aliphatic carbocycles. The van der Waals surface area contributed by atoms with Gasteiger partial charge in [-0.05, 0) is 30.5 Å². The van der Waals surface area contributed by atoms with Crippen LogP contribution < -0.4 is 15.2 Å². The second kappa shape index (κ2) is 7.41. The van der Waals surface area contributed by atoms with Crippen molar-refractivity contribution in [3.05, 3.63) is 29.8 Å². The molecule has 0 spiro atoms. The van der Waals surface area contributed by atoms with Crippen LogP contribution in [0.25, 0.3) is 0 Å². The summed E-state index contributed by atoms with van der Waals surface area (Å²) in [5.41, 5.74) is 7.25. The Balaban J connectivity index is 1.91. The third kappa shape index (κ3) is 5.57. The van der Waals surface area contributed by atoms with Gasteiger partial charge in [0.25, 0.3) is 0 Å². The third-order valence-corrected chi connectivity index (χ3v) is 4.55.